The van der Waals surface area contributed by atoms with E-state index in [1.165, 1.54) is 0 Å². The molecule has 0 saturated carbocycles. The van der Waals surface area contributed by atoms with Crippen LogP contribution in [0.5, 0.6) is 5.75 Å². The molecule has 0 aromatic heterocycles. The minimum absolute atomic E-state index is 0.104. The maximum atomic E-state index is 13.1. The van der Waals surface area contributed by atoms with Crippen LogP contribution in [0.3, 0.4) is 0 Å². The first kappa shape index (κ1) is 23.9. The van der Waals surface area contributed by atoms with Crippen LogP contribution >= 0.6 is 0 Å². The average molecular weight is 475 g/mol. The Morgan fingerprint density at radius 2 is 1.63 bits per heavy atom. The fourth-order valence-corrected chi connectivity index (χ4v) is 4.16. The SMILES string of the molecule is O=C(CC(C[N+](=O)[O-])c1ccc(OCc2ccccc2)cc1)N1C(=O)OCC1Cc1ccccc1. The molecule has 8 nitrogen and oxygen atoms in total. The number of hydrogen-bond acceptors (Lipinski definition) is 6. The van der Waals surface area contributed by atoms with E-state index in [2.05, 4.69) is 0 Å². The van der Waals surface area contributed by atoms with Gasteiger partial charge in [-0.1, -0.05) is 72.8 Å². The van der Waals surface area contributed by atoms with E-state index in [0.717, 1.165) is 16.0 Å². The minimum Gasteiger partial charge on any atom is -0.489 e. The summed E-state index contributed by atoms with van der Waals surface area (Å²) in [7, 11) is 0. The molecule has 35 heavy (non-hydrogen) atoms. The van der Waals surface area contributed by atoms with Gasteiger partial charge in [0, 0.05) is 11.3 Å². The van der Waals surface area contributed by atoms with E-state index in [-0.39, 0.29) is 13.0 Å². The van der Waals surface area contributed by atoms with Crippen molar-refractivity contribution in [3.05, 3.63) is 112 Å². The largest absolute Gasteiger partial charge is 0.489 e. The molecule has 0 spiro atoms. The highest BCUT2D eigenvalue weighted by Crippen LogP contribution is 2.27. The number of imide groups is 1. The predicted molar refractivity (Wildman–Crippen MR) is 129 cm³/mol. The molecule has 1 heterocycles. The molecule has 180 valence electrons. The van der Waals surface area contributed by atoms with Crippen LogP contribution in [0.15, 0.2) is 84.9 Å². The number of carbonyl (C=O) groups is 2. The van der Waals surface area contributed by atoms with Gasteiger partial charge in [-0.3, -0.25) is 14.9 Å². The molecule has 0 N–H and O–H groups in total. The van der Waals surface area contributed by atoms with E-state index in [1.807, 2.05) is 60.7 Å². The van der Waals surface area contributed by atoms with E-state index in [4.69, 9.17) is 9.47 Å². The maximum Gasteiger partial charge on any atom is 0.416 e. The molecule has 3 aromatic carbocycles. The zero-order chi connectivity index (χ0) is 24.6. The van der Waals surface area contributed by atoms with E-state index in [0.29, 0.717) is 24.3 Å². The molecule has 2 amide bonds. The summed E-state index contributed by atoms with van der Waals surface area (Å²) in [5, 5.41) is 11.3. The first-order valence-electron chi connectivity index (χ1n) is 11.4. The Hall–Kier alpha value is -4.20. The Bertz CT molecular complexity index is 1150. The topological polar surface area (TPSA) is 99.0 Å². The van der Waals surface area contributed by atoms with Gasteiger partial charge < -0.3 is 9.47 Å². The normalized spacial score (nSPS) is 15.9. The van der Waals surface area contributed by atoms with Crippen LogP contribution in [0.2, 0.25) is 0 Å². The van der Waals surface area contributed by atoms with Crippen molar-refractivity contribution in [2.45, 2.75) is 31.4 Å². The molecule has 0 bridgehead atoms. The van der Waals surface area contributed by atoms with Crippen molar-refractivity contribution in [2.24, 2.45) is 0 Å². The van der Waals surface area contributed by atoms with Crippen molar-refractivity contribution >= 4 is 12.0 Å². The number of nitrogens with zero attached hydrogens (tertiary/aromatic N) is 2. The number of benzene rings is 3. The lowest BCUT2D eigenvalue weighted by molar-refractivity contribution is -0.483. The summed E-state index contributed by atoms with van der Waals surface area (Å²) < 4.78 is 10.9. The highest BCUT2D eigenvalue weighted by Gasteiger charge is 2.39. The highest BCUT2D eigenvalue weighted by molar-refractivity contribution is 5.94. The zero-order valence-electron chi connectivity index (χ0n) is 19.1. The third-order valence-electron chi connectivity index (χ3n) is 5.93. The number of carbonyl (C=O) groups excluding carboxylic acids is 2. The Balaban J connectivity index is 1.43. The monoisotopic (exact) mass is 474 g/mol. The lowest BCUT2D eigenvalue weighted by Crippen LogP contribution is -2.41. The predicted octanol–water partition coefficient (Wildman–Crippen LogP) is 4.61. The molecule has 1 aliphatic heterocycles. The molecule has 0 aliphatic carbocycles. The second-order valence-corrected chi connectivity index (χ2v) is 8.44. The van der Waals surface area contributed by atoms with Gasteiger partial charge in [-0.25, -0.2) is 9.69 Å². The molecule has 1 aliphatic rings. The molecule has 2 unspecified atom stereocenters. The summed E-state index contributed by atoms with van der Waals surface area (Å²) in [6.45, 7) is 0.0753. The Kier molecular flexibility index (Phi) is 7.72. The fourth-order valence-electron chi connectivity index (χ4n) is 4.16. The number of cyclic esters (lactones) is 1. The van der Waals surface area contributed by atoms with Gasteiger partial charge in [0.05, 0.1) is 12.0 Å². The van der Waals surface area contributed by atoms with Crippen LogP contribution in [-0.4, -0.2) is 41.0 Å². The lowest BCUT2D eigenvalue weighted by atomic mass is 9.94. The second-order valence-electron chi connectivity index (χ2n) is 8.44. The van der Waals surface area contributed by atoms with Gasteiger partial charge in [-0.15, -0.1) is 0 Å². The summed E-state index contributed by atoms with van der Waals surface area (Å²) in [5.41, 5.74) is 2.63. The number of hydrogen-bond donors (Lipinski definition) is 0. The first-order valence-corrected chi connectivity index (χ1v) is 11.4. The number of amides is 2. The van der Waals surface area contributed by atoms with Gasteiger partial charge in [0.25, 0.3) is 0 Å². The molecular formula is C27H26N2O6. The van der Waals surface area contributed by atoms with Crippen LogP contribution in [-0.2, 0) is 22.6 Å². The zero-order valence-corrected chi connectivity index (χ0v) is 19.1. The van der Waals surface area contributed by atoms with E-state index < -0.39 is 35.4 Å². The van der Waals surface area contributed by atoms with Crippen LogP contribution < -0.4 is 4.74 Å². The van der Waals surface area contributed by atoms with Gasteiger partial charge in [0.2, 0.25) is 12.5 Å². The fraction of sp³-hybridized carbons (Fsp3) is 0.259. The first-order chi connectivity index (χ1) is 17.0. The molecule has 1 fully saturated rings. The van der Waals surface area contributed by atoms with E-state index in [9.17, 15) is 19.7 Å². The average Bonchev–Trinajstić information content (AvgIpc) is 3.23. The molecule has 2 atom stereocenters. The smallest absolute Gasteiger partial charge is 0.416 e. The maximum absolute atomic E-state index is 13.1. The third-order valence-corrected chi connectivity index (χ3v) is 5.93. The third kappa shape index (κ3) is 6.44. The number of rotatable bonds is 10. The van der Waals surface area contributed by atoms with Crippen molar-refractivity contribution in [3.63, 3.8) is 0 Å². The van der Waals surface area contributed by atoms with Gasteiger partial charge >= 0.3 is 6.09 Å². The molecular weight excluding hydrogens is 448 g/mol. The number of ether oxygens (including phenoxy) is 2. The summed E-state index contributed by atoms with van der Waals surface area (Å²) in [5.74, 6) is -0.550. The van der Waals surface area contributed by atoms with E-state index in [1.54, 1.807) is 24.3 Å². The van der Waals surface area contributed by atoms with Crippen LogP contribution in [0, 0.1) is 10.1 Å². The molecule has 4 rings (SSSR count). The Morgan fingerprint density at radius 3 is 2.26 bits per heavy atom. The molecule has 8 heteroatoms. The second kappa shape index (κ2) is 11.3. The van der Waals surface area contributed by atoms with Crippen molar-refractivity contribution in [3.8, 4) is 5.75 Å². The number of nitro groups is 1. The van der Waals surface area contributed by atoms with Crippen LogP contribution in [0.1, 0.15) is 29.0 Å². The summed E-state index contributed by atoms with van der Waals surface area (Å²) in [4.78, 5) is 37.5. The van der Waals surface area contributed by atoms with Gasteiger partial charge in [-0.05, 0) is 35.2 Å². The quantitative estimate of drug-likeness (QED) is 0.314. The van der Waals surface area contributed by atoms with Crippen LogP contribution in [0.4, 0.5) is 4.79 Å². The van der Waals surface area contributed by atoms with Crippen LogP contribution in [0.25, 0.3) is 0 Å². The Labute approximate surface area is 203 Å². The molecule has 3 aromatic rings. The standard InChI is InChI=1S/C27H26N2O6/c30-26(29-24(19-35-27(29)31)15-20-7-3-1-4-8-20)16-23(17-28(32)33)22-11-13-25(14-12-22)34-18-21-9-5-2-6-10-21/h1-14,23-24H,15-19H2. The van der Waals surface area contributed by atoms with Crippen molar-refractivity contribution in [2.75, 3.05) is 13.2 Å². The summed E-state index contributed by atoms with van der Waals surface area (Å²) >= 11 is 0. The summed E-state index contributed by atoms with van der Waals surface area (Å²) in [6.07, 6.45) is -0.419. The van der Waals surface area contributed by atoms with Crippen molar-refractivity contribution < 1.29 is 24.0 Å². The highest BCUT2D eigenvalue weighted by atomic mass is 16.6. The molecule has 1 saturated heterocycles. The van der Waals surface area contributed by atoms with Crippen molar-refractivity contribution in [1.29, 1.82) is 0 Å². The van der Waals surface area contributed by atoms with E-state index >= 15 is 0 Å². The lowest BCUT2D eigenvalue weighted by Gasteiger charge is -2.22. The van der Waals surface area contributed by atoms with Crippen molar-refractivity contribution in [1.82, 2.24) is 4.90 Å². The summed E-state index contributed by atoms with van der Waals surface area (Å²) in [6, 6.07) is 25.7. The molecule has 0 radical (unpaired) electrons. The van der Waals surface area contributed by atoms with Gasteiger partial charge in [-0.2, -0.15) is 0 Å². The van der Waals surface area contributed by atoms with Gasteiger partial charge in [0.1, 0.15) is 19.0 Å². The minimum atomic E-state index is -0.708. The van der Waals surface area contributed by atoms with Gasteiger partial charge in [0.15, 0.2) is 0 Å². The Morgan fingerprint density at radius 1 is 1.00 bits per heavy atom.